The molecule has 0 atom stereocenters. The summed E-state index contributed by atoms with van der Waals surface area (Å²) in [6, 6.07) is 20.0. The Morgan fingerprint density at radius 2 is 1.72 bits per heavy atom. The van der Waals surface area contributed by atoms with Crippen molar-refractivity contribution >= 4 is 17.5 Å². The molecule has 0 radical (unpaired) electrons. The molecule has 2 aromatic carbocycles. The Morgan fingerprint density at radius 1 is 0.966 bits per heavy atom. The van der Waals surface area contributed by atoms with Gasteiger partial charge in [0, 0.05) is 18.2 Å². The van der Waals surface area contributed by atoms with Crippen LogP contribution in [0.2, 0.25) is 0 Å². The van der Waals surface area contributed by atoms with Crippen LogP contribution in [0.3, 0.4) is 0 Å². The number of benzene rings is 2. The number of aromatic nitrogens is 2. The van der Waals surface area contributed by atoms with Crippen molar-refractivity contribution in [2.75, 3.05) is 44.4 Å². The molecule has 0 fully saturated rings. The molecular formula is C23H29N5O. The third kappa shape index (κ3) is 6.19. The normalized spacial score (nSPS) is 10.8. The van der Waals surface area contributed by atoms with Gasteiger partial charge in [0.05, 0.1) is 18.0 Å². The molecule has 0 saturated heterocycles. The highest BCUT2D eigenvalue weighted by molar-refractivity contribution is 5.69. The SMILES string of the molecule is CCOc1ccccc1Nc1cc(-c2ccccc2)nc(NCCCN(C)C)n1. The first-order valence-electron chi connectivity index (χ1n) is 9.97. The second-order valence-corrected chi connectivity index (χ2v) is 6.97. The maximum atomic E-state index is 5.73. The summed E-state index contributed by atoms with van der Waals surface area (Å²) in [6.07, 6.45) is 1.02. The van der Waals surface area contributed by atoms with Gasteiger partial charge in [0.25, 0.3) is 0 Å². The fourth-order valence-corrected chi connectivity index (χ4v) is 2.93. The average molecular weight is 392 g/mol. The van der Waals surface area contributed by atoms with Crippen LogP contribution < -0.4 is 15.4 Å². The summed E-state index contributed by atoms with van der Waals surface area (Å²) in [5.74, 6) is 2.14. The first-order chi connectivity index (χ1) is 14.2. The molecule has 0 saturated carbocycles. The Balaban J connectivity index is 1.86. The molecule has 0 spiro atoms. The van der Waals surface area contributed by atoms with Crippen LogP contribution in [-0.4, -0.2) is 48.7 Å². The van der Waals surface area contributed by atoms with Crippen molar-refractivity contribution in [3.8, 4) is 17.0 Å². The third-order valence-electron chi connectivity index (χ3n) is 4.31. The Labute approximate surface area is 173 Å². The van der Waals surface area contributed by atoms with Crippen molar-refractivity contribution in [3.63, 3.8) is 0 Å². The molecule has 152 valence electrons. The van der Waals surface area contributed by atoms with Crippen LogP contribution in [0.25, 0.3) is 11.3 Å². The zero-order valence-corrected chi connectivity index (χ0v) is 17.4. The van der Waals surface area contributed by atoms with E-state index >= 15 is 0 Å². The van der Waals surface area contributed by atoms with Gasteiger partial charge in [0.2, 0.25) is 5.95 Å². The van der Waals surface area contributed by atoms with E-state index in [0.717, 1.165) is 48.0 Å². The Bertz CT molecular complexity index is 899. The van der Waals surface area contributed by atoms with Crippen molar-refractivity contribution in [1.29, 1.82) is 0 Å². The second kappa shape index (κ2) is 10.4. The summed E-state index contributed by atoms with van der Waals surface area (Å²) in [7, 11) is 4.15. The predicted octanol–water partition coefficient (Wildman–Crippen LogP) is 4.65. The minimum absolute atomic E-state index is 0.608. The van der Waals surface area contributed by atoms with Crippen molar-refractivity contribution in [1.82, 2.24) is 14.9 Å². The van der Waals surface area contributed by atoms with E-state index in [-0.39, 0.29) is 0 Å². The van der Waals surface area contributed by atoms with Crippen molar-refractivity contribution in [2.45, 2.75) is 13.3 Å². The third-order valence-corrected chi connectivity index (χ3v) is 4.31. The molecule has 0 aliphatic carbocycles. The Kier molecular flexibility index (Phi) is 7.41. The van der Waals surface area contributed by atoms with E-state index in [1.165, 1.54) is 0 Å². The molecule has 6 heteroatoms. The molecule has 0 amide bonds. The van der Waals surface area contributed by atoms with Gasteiger partial charge in [0.1, 0.15) is 11.6 Å². The van der Waals surface area contributed by atoms with Gasteiger partial charge in [-0.25, -0.2) is 4.98 Å². The van der Waals surface area contributed by atoms with Crippen LogP contribution in [0.5, 0.6) is 5.75 Å². The highest BCUT2D eigenvalue weighted by atomic mass is 16.5. The van der Waals surface area contributed by atoms with E-state index in [2.05, 4.69) is 46.7 Å². The van der Waals surface area contributed by atoms with Crippen LogP contribution in [0.4, 0.5) is 17.5 Å². The average Bonchev–Trinajstić information content (AvgIpc) is 2.73. The number of nitrogens with one attached hydrogen (secondary N) is 2. The van der Waals surface area contributed by atoms with Crippen LogP contribution >= 0.6 is 0 Å². The van der Waals surface area contributed by atoms with Crippen molar-refractivity contribution < 1.29 is 4.74 Å². The summed E-state index contributed by atoms with van der Waals surface area (Å²) >= 11 is 0. The van der Waals surface area contributed by atoms with Gasteiger partial charge in [0.15, 0.2) is 0 Å². The van der Waals surface area contributed by atoms with E-state index in [1.807, 2.05) is 55.5 Å². The molecular weight excluding hydrogens is 362 g/mol. The van der Waals surface area contributed by atoms with Crippen molar-refractivity contribution in [2.24, 2.45) is 0 Å². The van der Waals surface area contributed by atoms with E-state index in [9.17, 15) is 0 Å². The molecule has 0 unspecified atom stereocenters. The van der Waals surface area contributed by atoms with E-state index < -0.39 is 0 Å². The number of hydrogen-bond acceptors (Lipinski definition) is 6. The monoisotopic (exact) mass is 391 g/mol. The highest BCUT2D eigenvalue weighted by Crippen LogP contribution is 2.29. The number of para-hydroxylation sites is 2. The molecule has 6 nitrogen and oxygen atoms in total. The van der Waals surface area contributed by atoms with Gasteiger partial charge >= 0.3 is 0 Å². The molecule has 0 aliphatic rings. The summed E-state index contributed by atoms with van der Waals surface area (Å²) in [4.78, 5) is 11.6. The standard InChI is InChI=1S/C23H29N5O/c1-4-29-21-14-9-8-13-19(21)25-22-17-20(18-11-6-5-7-12-18)26-23(27-22)24-15-10-16-28(2)3/h5-9,11-14,17H,4,10,15-16H2,1-3H3,(H2,24,25,26,27). The van der Waals surface area contributed by atoms with Gasteiger partial charge in [-0.1, -0.05) is 42.5 Å². The summed E-state index contributed by atoms with van der Waals surface area (Å²) < 4.78 is 5.73. The zero-order valence-electron chi connectivity index (χ0n) is 17.4. The smallest absolute Gasteiger partial charge is 0.225 e. The lowest BCUT2D eigenvalue weighted by molar-refractivity contribution is 0.342. The molecule has 0 bridgehead atoms. The Morgan fingerprint density at radius 3 is 2.48 bits per heavy atom. The Hall–Kier alpha value is -3.12. The van der Waals surface area contributed by atoms with Gasteiger partial charge in [-0.3, -0.25) is 0 Å². The molecule has 3 rings (SSSR count). The fourth-order valence-electron chi connectivity index (χ4n) is 2.93. The molecule has 1 aromatic heterocycles. The van der Waals surface area contributed by atoms with Crippen molar-refractivity contribution in [3.05, 3.63) is 60.7 Å². The topological polar surface area (TPSA) is 62.3 Å². The van der Waals surface area contributed by atoms with Gasteiger partial charge in [-0.2, -0.15) is 4.98 Å². The fraction of sp³-hybridized carbons (Fsp3) is 0.304. The molecule has 1 heterocycles. The lowest BCUT2D eigenvalue weighted by Crippen LogP contribution is -2.17. The zero-order chi connectivity index (χ0) is 20.5. The van der Waals surface area contributed by atoms with Crippen LogP contribution in [0, 0.1) is 0 Å². The molecule has 0 aliphatic heterocycles. The largest absolute Gasteiger partial charge is 0.492 e. The number of hydrogen-bond donors (Lipinski definition) is 2. The number of nitrogens with zero attached hydrogens (tertiary/aromatic N) is 3. The van der Waals surface area contributed by atoms with E-state index in [0.29, 0.717) is 12.6 Å². The first-order valence-corrected chi connectivity index (χ1v) is 9.97. The second-order valence-electron chi connectivity index (χ2n) is 6.97. The molecule has 2 N–H and O–H groups in total. The highest BCUT2D eigenvalue weighted by Gasteiger charge is 2.09. The number of ether oxygens (including phenoxy) is 1. The quantitative estimate of drug-likeness (QED) is 0.491. The molecule has 3 aromatic rings. The van der Waals surface area contributed by atoms with Crippen LogP contribution in [0.15, 0.2) is 60.7 Å². The minimum atomic E-state index is 0.608. The number of rotatable bonds is 10. The lowest BCUT2D eigenvalue weighted by Gasteiger charge is -2.14. The maximum Gasteiger partial charge on any atom is 0.225 e. The maximum absolute atomic E-state index is 5.73. The first kappa shape index (κ1) is 20.6. The van der Waals surface area contributed by atoms with Gasteiger partial charge in [-0.05, 0) is 46.1 Å². The molecule has 29 heavy (non-hydrogen) atoms. The van der Waals surface area contributed by atoms with E-state index in [1.54, 1.807) is 0 Å². The minimum Gasteiger partial charge on any atom is -0.492 e. The number of anilines is 3. The predicted molar refractivity (Wildman–Crippen MR) is 120 cm³/mol. The van der Waals surface area contributed by atoms with Gasteiger partial charge in [-0.15, -0.1) is 0 Å². The van der Waals surface area contributed by atoms with E-state index in [4.69, 9.17) is 9.72 Å². The summed E-state index contributed by atoms with van der Waals surface area (Å²) in [5, 5.41) is 6.75. The summed E-state index contributed by atoms with van der Waals surface area (Å²) in [6.45, 7) is 4.41. The summed E-state index contributed by atoms with van der Waals surface area (Å²) in [5.41, 5.74) is 2.80. The van der Waals surface area contributed by atoms with Crippen LogP contribution in [-0.2, 0) is 0 Å². The lowest BCUT2D eigenvalue weighted by atomic mass is 10.1. The van der Waals surface area contributed by atoms with Gasteiger partial charge < -0.3 is 20.3 Å². The van der Waals surface area contributed by atoms with Crippen LogP contribution in [0.1, 0.15) is 13.3 Å².